The van der Waals surface area contributed by atoms with Crippen molar-refractivity contribution in [1.82, 2.24) is 5.32 Å². The molecule has 0 aliphatic rings. The zero-order valence-corrected chi connectivity index (χ0v) is 13.1. The van der Waals surface area contributed by atoms with Crippen molar-refractivity contribution in [3.05, 3.63) is 74.3 Å². The minimum absolute atomic E-state index is 0.134. The molecule has 0 radical (unpaired) electrons. The van der Waals surface area contributed by atoms with Gasteiger partial charge in [-0.15, -0.1) is 0 Å². The van der Waals surface area contributed by atoms with E-state index in [2.05, 4.69) is 5.32 Å². The van der Waals surface area contributed by atoms with Gasteiger partial charge in [-0.05, 0) is 18.6 Å². The summed E-state index contributed by atoms with van der Waals surface area (Å²) in [5.41, 5.74) is -1.15. The molecule has 25 heavy (non-hydrogen) atoms. The van der Waals surface area contributed by atoms with Crippen molar-refractivity contribution in [2.24, 2.45) is 0 Å². The van der Waals surface area contributed by atoms with Crippen LogP contribution in [0.15, 0.2) is 48.5 Å². The molecule has 9 heteroatoms. The van der Waals surface area contributed by atoms with Gasteiger partial charge < -0.3 is 10.1 Å². The maximum atomic E-state index is 12.0. The Morgan fingerprint density at radius 1 is 1.00 bits per heavy atom. The Bertz CT molecular complexity index is 746. The van der Waals surface area contributed by atoms with Gasteiger partial charge in [0, 0.05) is 18.7 Å². The summed E-state index contributed by atoms with van der Waals surface area (Å²) in [5.74, 6) is 0.0923. The van der Waals surface area contributed by atoms with Gasteiger partial charge in [-0.25, -0.2) is 0 Å². The molecule has 1 N–H and O–H groups in total. The topological polar surface area (TPSA) is 125 Å². The molecule has 2 aromatic rings. The summed E-state index contributed by atoms with van der Waals surface area (Å²) in [5, 5.41) is 24.2. The fourth-order valence-corrected chi connectivity index (χ4v) is 2.02. The lowest BCUT2D eigenvalue weighted by atomic mass is 10.1. The highest BCUT2D eigenvalue weighted by Crippen LogP contribution is 2.22. The third-order valence-corrected chi connectivity index (χ3v) is 3.20. The number of nitro benzene ring substituents is 2. The Morgan fingerprint density at radius 2 is 1.60 bits per heavy atom. The summed E-state index contributed by atoms with van der Waals surface area (Å²) in [6.45, 7) is 0.640. The number of carbonyl (C=O) groups is 1. The number of hydrogen-bond acceptors (Lipinski definition) is 6. The molecule has 0 aliphatic heterocycles. The number of rotatable bonds is 8. The van der Waals surface area contributed by atoms with Crippen LogP contribution in [0.1, 0.15) is 16.8 Å². The van der Waals surface area contributed by atoms with Crippen molar-refractivity contribution < 1.29 is 19.4 Å². The SMILES string of the molecule is O=C(NCCCOc1ccccc1)c1cc([N+](=O)[O-])cc([N+](=O)[O-])c1. The lowest BCUT2D eigenvalue weighted by Gasteiger charge is -2.07. The summed E-state index contributed by atoms with van der Waals surface area (Å²) in [6, 6.07) is 12.0. The smallest absolute Gasteiger partial charge is 0.277 e. The van der Waals surface area contributed by atoms with Gasteiger partial charge in [-0.3, -0.25) is 25.0 Å². The van der Waals surface area contributed by atoms with E-state index in [1.165, 1.54) is 0 Å². The number of nitrogens with zero attached hydrogens (tertiary/aromatic N) is 2. The highest BCUT2D eigenvalue weighted by Gasteiger charge is 2.19. The minimum atomic E-state index is -0.780. The molecule has 0 saturated heterocycles. The molecule has 0 atom stereocenters. The Morgan fingerprint density at radius 3 is 2.16 bits per heavy atom. The Hall–Kier alpha value is -3.49. The summed E-state index contributed by atoms with van der Waals surface area (Å²) < 4.78 is 5.46. The van der Waals surface area contributed by atoms with E-state index >= 15 is 0 Å². The standard InChI is InChI=1S/C16H15N3O6/c20-16(17-7-4-8-25-15-5-2-1-3-6-15)12-9-13(18(21)22)11-14(10-12)19(23)24/h1-3,5-6,9-11H,4,7-8H2,(H,17,20). The zero-order chi connectivity index (χ0) is 18.2. The first-order valence-electron chi connectivity index (χ1n) is 7.37. The molecule has 0 fully saturated rings. The summed E-state index contributed by atoms with van der Waals surface area (Å²) in [6.07, 6.45) is 0.512. The first-order valence-corrected chi connectivity index (χ1v) is 7.37. The van der Waals surface area contributed by atoms with Crippen LogP contribution in [0.25, 0.3) is 0 Å². The van der Waals surface area contributed by atoms with Gasteiger partial charge in [-0.2, -0.15) is 0 Å². The van der Waals surface area contributed by atoms with Gasteiger partial charge >= 0.3 is 0 Å². The van der Waals surface area contributed by atoms with E-state index in [0.717, 1.165) is 18.2 Å². The predicted octanol–water partition coefficient (Wildman–Crippen LogP) is 2.70. The summed E-state index contributed by atoms with van der Waals surface area (Å²) in [4.78, 5) is 32.1. The van der Waals surface area contributed by atoms with Crippen LogP contribution >= 0.6 is 0 Å². The first-order chi connectivity index (χ1) is 12.0. The van der Waals surface area contributed by atoms with Crippen LogP contribution in [0.4, 0.5) is 11.4 Å². The number of para-hydroxylation sites is 1. The molecule has 0 spiro atoms. The number of ether oxygens (including phenoxy) is 1. The highest BCUT2D eigenvalue weighted by molar-refractivity contribution is 5.95. The lowest BCUT2D eigenvalue weighted by molar-refractivity contribution is -0.394. The molecule has 2 aromatic carbocycles. The van der Waals surface area contributed by atoms with E-state index in [9.17, 15) is 25.0 Å². The third-order valence-electron chi connectivity index (χ3n) is 3.20. The number of non-ortho nitro benzene ring substituents is 2. The van der Waals surface area contributed by atoms with E-state index in [1.54, 1.807) is 12.1 Å². The van der Waals surface area contributed by atoms with Crippen LogP contribution in [0.5, 0.6) is 5.75 Å². The fraction of sp³-hybridized carbons (Fsp3) is 0.188. The van der Waals surface area contributed by atoms with E-state index in [1.807, 2.05) is 18.2 Å². The first kappa shape index (κ1) is 17.9. The molecule has 9 nitrogen and oxygen atoms in total. The number of nitrogens with one attached hydrogen (secondary N) is 1. The van der Waals surface area contributed by atoms with Crippen molar-refractivity contribution >= 4 is 17.3 Å². The van der Waals surface area contributed by atoms with Gasteiger partial charge in [0.2, 0.25) is 0 Å². The zero-order valence-electron chi connectivity index (χ0n) is 13.1. The van der Waals surface area contributed by atoms with E-state index in [-0.39, 0.29) is 12.1 Å². The molecule has 2 rings (SSSR count). The molecular formula is C16H15N3O6. The van der Waals surface area contributed by atoms with Gasteiger partial charge in [-0.1, -0.05) is 18.2 Å². The van der Waals surface area contributed by atoms with Crippen LogP contribution in [0.3, 0.4) is 0 Å². The van der Waals surface area contributed by atoms with Gasteiger partial charge in [0.15, 0.2) is 0 Å². The van der Waals surface area contributed by atoms with Crippen molar-refractivity contribution in [2.75, 3.05) is 13.2 Å². The second-order valence-corrected chi connectivity index (χ2v) is 5.02. The van der Waals surface area contributed by atoms with Gasteiger partial charge in [0.25, 0.3) is 17.3 Å². The summed E-state index contributed by atoms with van der Waals surface area (Å²) in [7, 11) is 0. The molecule has 0 aromatic heterocycles. The molecule has 0 saturated carbocycles. The largest absolute Gasteiger partial charge is 0.494 e. The molecule has 0 unspecified atom stereocenters. The van der Waals surface area contributed by atoms with Gasteiger partial charge in [0.05, 0.1) is 28.1 Å². The van der Waals surface area contributed by atoms with Crippen LogP contribution in [-0.2, 0) is 0 Å². The Balaban J connectivity index is 1.89. The molecular weight excluding hydrogens is 330 g/mol. The second kappa shape index (κ2) is 8.39. The molecule has 0 aliphatic carbocycles. The number of benzene rings is 2. The quantitative estimate of drug-likeness (QED) is 0.445. The number of hydrogen-bond donors (Lipinski definition) is 1. The number of nitro groups is 2. The average molecular weight is 345 g/mol. The molecule has 1 amide bonds. The summed E-state index contributed by atoms with van der Waals surface area (Å²) >= 11 is 0. The number of carbonyl (C=O) groups excluding carboxylic acids is 1. The Labute approximate surface area is 142 Å². The fourth-order valence-electron chi connectivity index (χ4n) is 2.02. The van der Waals surface area contributed by atoms with E-state index < -0.39 is 27.1 Å². The normalized spacial score (nSPS) is 10.1. The molecule has 0 bridgehead atoms. The van der Waals surface area contributed by atoms with Crippen LogP contribution in [0, 0.1) is 20.2 Å². The van der Waals surface area contributed by atoms with Gasteiger partial charge in [0.1, 0.15) is 5.75 Å². The van der Waals surface area contributed by atoms with Crippen molar-refractivity contribution in [2.45, 2.75) is 6.42 Å². The number of amides is 1. The molecule has 130 valence electrons. The van der Waals surface area contributed by atoms with E-state index in [0.29, 0.717) is 18.8 Å². The van der Waals surface area contributed by atoms with Crippen molar-refractivity contribution in [3.8, 4) is 5.75 Å². The maximum absolute atomic E-state index is 12.0. The van der Waals surface area contributed by atoms with Crippen LogP contribution in [0.2, 0.25) is 0 Å². The van der Waals surface area contributed by atoms with Crippen molar-refractivity contribution in [3.63, 3.8) is 0 Å². The average Bonchev–Trinajstić information content (AvgIpc) is 2.61. The monoisotopic (exact) mass is 345 g/mol. The minimum Gasteiger partial charge on any atom is -0.494 e. The lowest BCUT2D eigenvalue weighted by Crippen LogP contribution is -2.25. The van der Waals surface area contributed by atoms with E-state index in [4.69, 9.17) is 4.74 Å². The second-order valence-electron chi connectivity index (χ2n) is 5.02. The Kier molecular flexibility index (Phi) is 5.99. The van der Waals surface area contributed by atoms with Crippen molar-refractivity contribution in [1.29, 1.82) is 0 Å². The van der Waals surface area contributed by atoms with Crippen LogP contribution < -0.4 is 10.1 Å². The highest BCUT2D eigenvalue weighted by atomic mass is 16.6. The molecule has 0 heterocycles. The third kappa shape index (κ3) is 5.27. The predicted molar refractivity (Wildman–Crippen MR) is 88.6 cm³/mol. The van der Waals surface area contributed by atoms with Crippen LogP contribution in [-0.4, -0.2) is 28.9 Å². The maximum Gasteiger partial charge on any atom is 0.277 e.